The molecule has 1 N–H and O–H groups in total. The van der Waals surface area contributed by atoms with Gasteiger partial charge in [0.15, 0.2) is 11.5 Å². The predicted octanol–water partition coefficient (Wildman–Crippen LogP) is 3.49. The SMILES string of the molecule is COc1ccc([C@H](C2CCCC2)N2CCNCC2)c(Cl)c1OC. The molecule has 4 nitrogen and oxygen atoms in total. The van der Waals surface area contributed by atoms with Gasteiger partial charge in [0.1, 0.15) is 0 Å². The lowest BCUT2D eigenvalue weighted by Gasteiger charge is -2.39. The van der Waals surface area contributed by atoms with Gasteiger partial charge in [-0.1, -0.05) is 30.5 Å². The Labute approximate surface area is 144 Å². The Morgan fingerprint density at radius 1 is 1.13 bits per heavy atom. The molecule has 0 unspecified atom stereocenters. The van der Waals surface area contributed by atoms with Crippen molar-refractivity contribution in [2.75, 3.05) is 40.4 Å². The van der Waals surface area contributed by atoms with E-state index in [4.69, 9.17) is 21.1 Å². The van der Waals surface area contributed by atoms with Crippen LogP contribution in [0.25, 0.3) is 0 Å². The molecule has 128 valence electrons. The lowest BCUT2D eigenvalue weighted by molar-refractivity contribution is 0.125. The maximum absolute atomic E-state index is 6.74. The minimum atomic E-state index is 0.381. The fraction of sp³-hybridized carbons (Fsp3) is 0.667. The molecule has 0 radical (unpaired) electrons. The average Bonchev–Trinajstić information content (AvgIpc) is 3.11. The molecule has 1 atom stereocenters. The van der Waals surface area contributed by atoms with E-state index in [0.29, 0.717) is 28.5 Å². The van der Waals surface area contributed by atoms with E-state index in [9.17, 15) is 0 Å². The molecule has 1 aliphatic heterocycles. The zero-order valence-corrected chi connectivity index (χ0v) is 14.9. The number of benzene rings is 1. The van der Waals surface area contributed by atoms with Crippen molar-refractivity contribution in [2.24, 2.45) is 5.92 Å². The normalized spacial score (nSPS) is 21.3. The minimum absolute atomic E-state index is 0.381. The number of nitrogens with zero attached hydrogens (tertiary/aromatic N) is 1. The van der Waals surface area contributed by atoms with Crippen molar-refractivity contribution in [1.29, 1.82) is 0 Å². The summed E-state index contributed by atoms with van der Waals surface area (Å²) in [4.78, 5) is 2.60. The fourth-order valence-electron chi connectivity index (χ4n) is 4.12. The van der Waals surface area contributed by atoms with E-state index in [0.717, 1.165) is 26.2 Å². The van der Waals surface area contributed by atoms with Gasteiger partial charge in [-0.25, -0.2) is 0 Å². The largest absolute Gasteiger partial charge is 0.493 e. The Hall–Kier alpha value is -0.970. The van der Waals surface area contributed by atoms with Crippen molar-refractivity contribution in [2.45, 2.75) is 31.7 Å². The van der Waals surface area contributed by atoms with Crippen LogP contribution in [0.3, 0.4) is 0 Å². The highest BCUT2D eigenvalue weighted by Gasteiger charge is 2.34. The van der Waals surface area contributed by atoms with E-state index in [1.54, 1.807) is 14.2 Å². The molecule has 1 heterocycles. The first-order chi connectivity index (χ1) is 11.3. The molecular formula is C18H27ClN2O2. The van der Waals surface area contributed by atoms with Crippen LogP contribution in [0.15, 0.2) is 12.1 Å². The van der Waals surface area contributed by atoms with Crippen LogP contribution in [0.2, 0.25) is 5.02 Å². The quantitative estimate of drug-likeness (QED) is 0.891. The number of nitrogens with one attached hydrogen (secondary N) is 1. The molecule has 5 heteroatoms. The standard InChI is InChI=1S/C18H27ClN2O2/c1-22-15-8-7-14(16(19)18(15)23-2)17(13-5-3-4-6-13)21-11-9-20-10-12-21/h7-8,13,17,20H,3-6,9-12H2,1-2H3/t17-/m0/s1. The van der Waals surface area contributed by atoms with Crippen molar-refractivity contribution in [3.63, 3.8) is 0 Å². The van der Waals surface area contributed by atoms with Crippen LogP contribution in [-0.4, -0.2) is 45.3 Å². The number of piperazine rings is 1. The van der Waals surface area contributed by atoms with Crippen LogP contribution in [0.1, 0.15) is 37.3 Å². The third-order valence-corrected chi connectivity index (χ3v) is 5.61. The number of hydrogen-bond donors (Lipinski definition) is 1. The Morgan fingerprint density at radius 3 is 2.43 bits per heavy atom. The van der Waals surface area contributed by atoms with Crippen molar-refractivity contribution in [3.05, 3.63) is 22.7 Å². The summed E-state index contributed by atoms with van der Waals surface area (Å²) in [5.74, 6) is 2.04. The second-order valence-corrected chi connectivity index (χ2v) is 6.86. The summed E-state index contributed by atoms with van der Waals surface area (Å²) in [6.45, 7) is 4.25. The zero-order valence-electron chi connectivity index (χ0n) is 14.1. The smallest absolute Gasteiger partial charge is 0.179 e. The molecule has 2 fully saturated rings. The predicted molar refractivity (Wildman–Crippen MR) is 93.7 cm³/mol. The molecular weight excluding hydrogens is 312 g/mol. The maximum Gasteiger partial charge on any atom is 0.179 e. The summed E-state index contributed by atoms with van der Waals surface area (Å²) in [6.07, 6.45) is 5.24. The van der Waals surface area contributed by atoms with E-state index < -0.39 is 0 Å². The van der Waals surface area contributed by atoms with Gasteiger partial charge in [0.2, 0.25) is 0 Å². The molecule has 1 aromatic carbocycles. The molecule has 0 bridgehead atoms. The topological polar surface area (TPSA) is 33.7 Å². The van der Waals surface area contributed by atoms with Crippen LogP contribution < -0.4 is 14.8 Å². The molecule has 1 aromatic rings. The van der Waals surface area contributed by atoms with Gasteiger partial charge in [-0.15, -0.1) is 0 Å². The van der Waals surface area contributed by atoms with Crippen LogP contribution >= 0.6 is 11.6 Å². The first kappa shape index (κ1) is 16.9. The van der Waals surface area contributed by atoms with Gasteiger partial charge in [-0.05, 0) is 30.4 Å². The lowest BCUT2D eigenvalue weighted by atomic mass is 9.89. The van der Waals surface area contributed by atoms with Crippen LogP contribution in [0.5, 0.6) is 11.5 Å². The second-order valence-electron chi connectivity index (χ2n) is 6.48. The van der Waals surface area contributed by atoms with Crippen molar-refractivity contribution in [1.82, 2.24) is 10.2 Å². The number of rotatable bonds is 5. The zero-order chi connectivity index (χ0) is 16.2. The average molecular weight is 339 g/mol. The Bertz CT molecular complexity index is 526. The van der Waals surface area contributed by atoms with Gasteiger partial charge in [-0.3, -0.25) is 4.90 Å². The van der Waals surface area contributed by atoms with Gasteiger partial charge in [0.05, 0.1) is 19.2 Å². The van der Waals surface area contributed by atoms with Crippen molar-refractivity contribution >= 4 is 11.6 Å². The molecule has 2 aliphatic rings. The van der Waals surface area contributed by atoms with E-state index >= 15 is 0 Å². The second kappa shape index (κ2) is 7.73. The molecule has 23 heavy (non-hydrogen) atoms. The number of ether oxygens (including phenoxy) is 2. The summed E-state index contributed by atoms with van der Waals surface area (Å²) >= 11 is 6.74. The fourth-order valence-corrected chi connectivity index (χ4v) is 4.46. The van der Waals surface area contributed by atoms with Gasteiger partial charge < -0.3 is 14.8 Å². The monoisotopic (exact) mass is 338 g/mol. The van der Waals surface area contributed by atoms with Crippen LogP contribution in [0.4, 0.5) is 0 Å². The number of halogens is 1. The van der Waals surface area contributed by atoms with E-state index in [1.165, 1.54) is 31.2 Å². The first-order valence-corrected chi connectivity index (χ1v) is 8.99. The maximum atomic E-state index is 6.74. The lowest BCUT2D eigenvalue weighted by Crippen LogP contribution is -2.46. The van der Waals surface area contributed by atoms with E-state index in [2.05, 4.69) is 16.3 Å². The van der Waals surface area contributed by atoms with Crippen LogP contribution in [-0.2, 0) is 0 Å². The Kier molecular flexibility index (Phi) is 5.67. The van der Waals surface area contributed by atoms with Gasteiger partial charge >= 0.3 is 0 Å². The summed E-state index contributed by atoms with van der Waals surface area (Å²) in [7, 11) is 3.31. The molecule has 1 aliphatic carbocycles. The van der Waals surface area contributed by atoms with Crippen molar-refractivity contribution < 1.29 is 9.47 Å². The minimum Gasteiger partial charge on any atom is -0.493 e. The summed E-state index contributed by atoms with van der Waals surface area (Å²) in [5.41, 5.74) is 1.19. The van der Waals surface area contributed by atoms with Gasteiger partial charge in [0, 0.05) is 32.2 Å². The highest BCUT2D eigenvalue weighted by Crippen LogP contribution is 2.46. The first-order valence-electron chi connectivity index (χ1n) is 8.61. The van der Waals surface area contributed by atoms with Gasteiger partial charge in [-0.2, -0.15) is 0 Å². The number of hydrogen-bond acceptors (Lipinski definition) is 4. The molecule has 0 amide bonds. The highest BCUT2D eigenvalue weighted by molar-refractivity contribution is 6.33. The molecule has 1 saturated heterocycles. The summed E-state index contributed by atoms with van der Waals surface area (Å²) < 4.78 is 10.9. The molecule has 3 rings (SSSR count). The summed E-state index contributed by atoms with van der Waals surface area (Å²) in [5, 5.41) is 4.16. The summed E-state index contributed by atoms with van der Waals surface area (Å²) in [6, 6.07) is 4.51. The van der Waals surface area contributed by atoms with E-state index in [-0.39, 0.29) is 0 Å². The van der Waals surface area contributed by atoms with Gasteiger partial charge in [0.25, 0.3) is 0 Å². The van der Waals surface area contributed by atoms with Crippen LogP contribution in [0, 0.1) is 5.92 Å². The third kappa shape index (κ3) is 3.44. The van der Waals surface area contributed by atoms with E-state index in [1.807, 2.05) is 6.07 Å². The number of methoxy groups -OCH3 is 2. The Morgan fingerprint density at radius 2 is 1.83 bits per heavy atom. The molecule has 0 aromatic heterocycles. The highest BCUT2D eigenvalue weighted by atomic mass is 35.5. The molecule has 0 spiro atoms. The Balaban J connectivity index is 1.98. The molecule has 1 saturated carbocycles. The van der Waals surface area contributed by atoms with Crippen molar-refractivity contribution in [3.8, 4) is 11.5 Å². The third-order valence-electron chi connectivity index (χ3n) is 5.22.